The smallest absolute Gasteiger partial charge is 0.117 e. The van der Waals surface area contributed by atoms with Crippen molar-refractivity contribution < 1.29 is 18.9 Å². The Morgan fingerprint density at radius 1 is 0.529 bits per heavy atom. The topological polar surface area (TPSA) is 36.9 Å². The van der Waals surface area contributed by atoms with Crippen LogP contribution in [-0.2, 0) is 38.8 Å². The maximum atomic E-state index is 6.47. The Bertz CT molecular complexity index is 1000. The zero-order chi connectivity index (χ0) is 23.4. The molecule has 0 N–H and O–H groups in total. The number of rotatable bonds is 12. The SMILES string of the molecule is C=CCO[C@H]1C=C[C@@H](OCc2ccccc2)[C@H](OCc2ccccc2)[C@@H]1OCc1ccccc1. The number of benzene rings is 3. The molecule has 0 amide bonds. The molecule has 0 saturated heterocycles. The maximum Gasteiger partial charge on any atom is 0.117 e. The van der Waals surface area contributed by atoms with Crippen LogP contribution in [-0.4, -0.2) is 31.0 Å². The zero-order valence-corrected chi connectivity index (χ0v) is 19.4. The molecule has 0 spiro atoms. The van der Waals surface area contributed by atoms with Crippen LogP contribution in [0, 0.1) is 0 Å². The van der Waals surface area contributed by atoms with Gasteiger partial charge in [0.05, 0.1) is 26.4 Å². The third kappa shape index (κ3) is 6.99. The van der Waals surface area contributed by atoms with Crippen molar-refractivity contribution in [1.82, 2.24) is 0 Å². The molecule has 4 nitrogen and oxygen atoms in total. The van der Waals surface area contributed by atoms with Gasteiger partial charge < -0.3 is 18.9 Å². The summed E-state index contributed by atoms with van der Waals surface area (Å²) in [4.78, 5) is 0. The summed E-state index contributed by atoms with van der Waals surface area (Å²) in [5.74, 6) is 0. The van der Waals surface area contributed by atoms with Crippen LogP contribution in [0.2, 0.25) is 0 Å². The van der Waals surface area contributed by atoms with E-state index < -0.39 is 0 Å². The summed E-state index contributed by atoms with van der Waals surface area (Å²) >= 11 is 0. The van der Waals surface area contributed by atoms with E-state index in [-0.39, 0.29) is 24.4 Å². The third-order valence-corrected chi connectivity index (χ3v) is 5.72. The first kappa shape index (κ1) is 24.1. The molecular weight excluding hydrogens is 424 g/mol. The highest BCUT2D eigenvalue weighted by Gasteiger charge is 2.39. The minimum atomic E-state index is -0.340. The molecule has 0 radical (unpaired) electrons. The second-order valence-corrected chi connectivity index (χ2v) is 8.26. The Balaban J connectivity index is 1.53. The quantitative estimate of drug-likeness (QED) is 0.319. The molecule has 0 saturated carbocycles. The van der Waals surface area contributed by atoms with Gasteiger partial charge in [0.1, 0.15) is 24.4 Å². The molecule has 3 aromatic carbocycles. The summed E-state index contributed by atoms with van der Waals surface area (Å²) in [5, 5.41) is 0. The van der Waals surface area contributed by atoms with Crippen molar-refractivity contribution in [3.8, 4) is 0 Å². The van der Waals surface area contributed by atoms with Gasteiger partial charge >= 0.3 is 0 Å². The molecule has 3 aromatic rings. The molecular formula is C30H32O4. The standard InChI is InChI=1S/C30H32O4/c1-2-20-31-27-18-19-28(32-21-24-12-6-3-7-13-24)30(34-23-26-16-10-5-11-17-26)29(27)33-22-25-14-8-4-9-15-25/h2-19,27-30H,1,20-23H2/t27-,28+,29+,30-/m0/s1. The molecule has 1 aliphatic carbocycles. The summed E-state index contributed by atoms with van der Waals surface area (Å²) in [6.07, 6.45) is 4.60. The number of ether oxygens (including phenoxy) is 4. The highest BCUT2D eigenvalue weighted by Crippen LogP contribution is 2.27. The van der Waals surface area contributed by atoms with Gasteiger partial charge in [-0.2, -0.15) is 0 Å². The molecule has 0 aromatic heterocycles. The van der Waals surface area contributed by atoms with Gasteiger partial charge in [-0.05, 0) is 16.7 Å². The van der Waals surface area contributed by atoms with Crippen LogP contribution in [0.5, 0.6) is 0 Å². The van der Waals surface area contributed by atoms with Gasteiger partial charge in [0.2, 0.25) is 0 Å². The van der Waals surface area contributed by atoms with Crippen molar-refractivity contribution in [1.29, 1.82) is 0 Å². The Morgan fingerprint density at radius 3 is 1.32 bits per heavy atom. The van der Waals surface area contributed by atoms with Crippen LogP contribution < -0.4 is 0 Å². The fourth-order valence-electron chi connectivity index (χ4n) is 3.97. The van der Waals surface area contributed by atoms with Crippen LogP contribution in [0.25, 0.3) is 0 Å². The van der Waals surface area contributed by atoms with Crippen LogP contribution in [0.1, 0.15) is 16.7 Å². The number of hydrogen-bond acceptors (Lipinski definition) is 4. The predicted octanol–water partition coefficient (Wildman–Crippen LogP) is 5.88. The van der Waals surface area contributed by atoms with Crippen LogP contribution in [0.15, 0.2) is 116 Å². The Kier molecular flexibility index (Phi) is 9.23. The second kappa shape index (κ2) is 13.0. The molecule has 0 aliphatic heterocycles. The van der Waals surface area contributed by atoms with Gasteiger partial charge in [-0.1, -0.05) is 109 Å². The van der Waals surface area contributed by atoms with Gasteiger partial charge in [-0.25, -0.2) is 0 Å². The lowest BCUT2D eigenvalue weighted by molar-refractivity contribution is -0.174. The van der Waals surface area contributed by atoms with E-state index in [2.05, 4.69) is 43.0 Å². The van der Waals surface area contributed by atoms with E-state index in [1.165, 1.54) is 0 Å². The van der Waals surface area contributed by atoms with E-state index in [0.29, 0.717) is 26.4 Å². The van der Waals surface area contributed by atoms with Gasteiger partial charge in [0, 0.05) is 0 Å². The highest BCUT2D eigenvalue weighted by molar-refractivity contribution is 5.17. The molecule has 176 valence electrons. The first-order valence-corrected chi connectivity index (χ1v) is 11.7. The van der Waals surface area contributed by atoms with E-state index in [1.54, 1.807) is 6.08 Å². The minimum Gasteiger partial charge on any atom is -0.368 e. The normalized spacial score (nSPS) is 21.9. The molecule has 4 rings (SSSR count). The summed E-state index contributed by atoms with van der Waals surface area (Å²) in [6.45, 7) is 5.64. The monoisotopic (exact) mass is 456 g/mol. The van der Waals surface area contributed by atoms with Gasteiger partial charge in [0.15, 0.2) is 0 Å². The molecule has 34 heavy (non-hydrogen) atoms. The predicted molar refractivity (Wildman–Crippen MR) is 134 cm³/mol. The maximum absolute atomic E-state index is 6.47. The first-order chi connectivity index (χ1) is 16.8. The summed E-state index contributed by atoms with van der Waals surface area (Å²) < 4.78 is 25.3. The highest BCUT2D eigenvalue weighted by atomic mass is 16.6. The van der Waals surface area contributed by atoms with E-state index in [9.17, 15) is 0 Å². The average Bonchev–Trinajstić information content (AvgIpc) is 2.90. The Labute approximate surface area is 202 Å². The fourth-order valence-corrected chi connectivity index (χ4v) is 3.97. The largest absolute Gasteiger partial charge is 0.368 e. The second-order valence-electron chi connectivity index (χ2n) is 8.26. The first-order valence-electron chi connectivity index (χ1n) is 11.7. The van der Waals surface area contributed by atoms with E-state index in [1.807, 2.05) is 66.7 Å². The van der Waals surface area contributed by atoms with Crippen molar-refractivity contribution in [3.63, 3.8) is 0 Å². The van der Waals surface area contributed by atoms with Crippen LogP contribution >= 0.6 is 0 Å². The van der Waals surface area contributed by atoms with Crippen molar-refractivity contribution in [3.05, 3.63) is 132 Å². The lowest BCUT2D eigenvalue weighted by Gasteiger charge is -2.38. The average molecular weight is 457 g/mol. The molecule has 1 aliphatic rings. The van der Waals surface area contributed by atoms with E-state index in [0.717, 1.165) is 16.7 Å². The molecule has 0 unspecified atom stereocenters. The summed E-state index contributed by atoms with van der Waals surface area (Å²) in [6, 6.07) is 30.5. The summed E-state index contributed by atoms with van der Waals surface area (Å²) in [5.41, 5.74) is 3.32. The molecule has 4 heteroatoms. The zero-order valence-electron chi connectivity index (χ0n) is 19.4. The molecule has 0 heterocycles. The molecule has 0 fully saturated rings. The lowest BCUT2D eigenvalue weighted by Crippen LogP contribution is -2.51. The Morgan fingerprint density at radius 2 is 0.912 bits per heavy atom. The lowest BCUT2D eigenvalue weighted by atomic mass is 9.95. The number of hydrogen-bond donors (Lipinski definition) is 0. The minimum absolute atomic E-state index is 0.265. The van der Waals surface area contributed by atoms with Crippen molar-refractivity contribution in [2.24, 2.45) is 0 Å². The van der Waals surface area contributed by atoms with Crippen molar-refractivity contribution >= 4 is 0 Å². The molecule has 0 bridgehead atoms. The van der Waals surface area contributed by atoms with Gasteiger partial charge in [-0.15, -0.1) is 6.58 Å². The third-order valence-electron chi connectivity index (χ3n) is 5.72. The fraction of sp³-hybridized carbons (Fsp3) is 0.267. The molecule has 4 atom stereocenters. The Hall–Kier alpha value is -3.02. The van der Waals surface area contributed by atoms with Crippen molar-refractivity contribution in [2.45, 2.75) is 44.2 Å². The summed E-state index contributed by atoms with van der Waals surface area (Å²) in [7, 11) is 0. The van der Waals surface area contributed by atoms with E-state index >= 15 is 0 Å². The van der Waals surface area contributed by atoms with Crippen molar-refractivity contribution in [2.75, 3.05) is 6.61 Å². The van der Waals surface area contributed by atoms with Crippen LogP contribution in [0.3, 0.4) is 0 Å². The van der Waals surface area contributed by atoms with Crippen LogP contribution in [0.4, 0.5) is 0 Å². The van der Waals surface area contributed by atoms with Gasteiger partial charge in [-0.3, -0.25) is 0 Å². The van der Waals surface area contributed by atoms with Gasteiger partial charge in [0.25, 0.3) is 0 Å². The van der Waals surface area contributed by atoms with E-state index in [4.69, 9.17) is 18.9 Å².